The number of esters is 1. The van der Waals surface area contributed by atoms with Gasteiger partial charge in [-0.05, 0) is 39.0 Å². The zero-order valence-electron chi connectivity index (χ0n) is 10.8. The number of aliphatic hydroxyl groups is 1. The minimum atomic E-state index is -0.178. The molecular formula is C13H23NO3. The molecule has 2 aliphatic heterocycles. The van der Waals surface area contributed by atoms with Gasteiger partial charge in [0.15, 0.2) is 0 Å². The van der Waals surface area contributed by atoms with Gasteiger partial charge < -0.3 is 9.84 Å². The van der Waals surface area contributed by atoms with Crippen molar-refractivity contribution in [3.63, 3.8) is 0 Å². The van der Waals surface area contributed by atoms with E-state index in [1.807, 2.05) is 13.8 Å². The van der Waals surface area contributed by atoms with Gasteiger partial charge in [0, 0.05) is 12.1 Å². The molecule has 2 fully saturated rings. The molecule has 3 atom stereocenters. The van der Waals surface area contributed by atoms with Crippen LogP contribution >= 0.6 is 0 Å². The molecule has 98 valence electrons. The minimum Gasteiger partial charge on any atom is -0.465 e. The first kappa shape index (κ1) is 12.8. The van der Waals surface area contributed by atoms with Crippen LogP contribution in [0.5, 0.6) is 0 Å². The fraction of sp³-hybridized carbons (Fsp3) is 0.923. The quantitative estimate of drug-likeness (QED) is 0.754. The highest BCUT2D eigenvalue weighted by Gasteiger charge is 2.44. The molecule has 0 aromatic heterocycles. The summed E-state index contributed by atoms with van der Waals surface area (Å²) < 4.78 is 5.21. The Bertz CT molecular complexity index is 268. The van der Waals surface area contributed by atoms with Gasteiger partial charge in [-0.15, -0.1) is 0 Å². The van der Waals surface area contributed by atoms with E-state index in [0.29, 0.717) is 18.7 Å². The summed E-state index contributed by atoms with van der Waals surface area (Å²) in [4.78, 5) is 14.1. The Morgan fingerprint density at radius 1 is 1.41 bits per heavy atom. The number of aliphatic hydroxyl groups excluding tert-OH is 1. The summed E-state index contributed by atoms with van der Waals surface area (Å²) in [6, 6.07) is 0.576. The third-order valence-corrected chi connectivity index (χ3v) is 4.00. The lowest BCUT2D eigenvalue weighted by atomic mass is 9.98. The molecular weight excluding hydrogens is 218 g/mol. The first-order chi connectivity index (χ1) is 8.13. The van der Waals surface area contributed by atoms with E-state index in [1.165, 1.54) is 0 Å². The molecule has 0 radical (unpaired) electrons. The van der Waals surface area contributed by atoms with Crippen molar-refractivity contribution in [1.29, 1.82) is 0 Å². The Hall–Kier alpha value is -0.610. The molecule has 0 aromatic rings. The third kappa shape index (κ3) is 2.63. The van der Waals surface area contributed by atoms with Crippen LogP contribution in [-0.2, 0) is 9.53 Å². The van der Waals surface area contributed by atoms with Crippen LogP contribution in [0.2, 0.25) is 0 Å². The van der Waals surface area contributed by atoms with E-state index in [-0.39, 0.29) is 18.1 Å². The van der Waals surface area contributed by atoms with E-state index < -0.39 is 0 Å². The number of hydrogen-bond donors (Lipinski definition) is 1. The van der Waals surface area contributed by atoms with Crippen LogP contribution in [-0.4, -0.2) is 46.8 Å². The minimum absolute atomic E-state index is 0.111. The summed E-state index contributed by atoms with van der Waals surface area (Å²) >= 11 is 0. The van der Waals surface area contributed by atoms with Crippen LogP contribution in [0.1, 0.15) is 46.0 Å². The number of nitrogens with zero attached hydrogens (tertiary/aromatic N) is 1. The van der Waals surface area contributed by atoms with Gasteiger partial charge in [-0.3, -0.25) is 9.69 Å². The fourth-order valence-corrected chi connectivity index (χ4v) is 3.26. The van der Waals surface area contributed by atoms with Crippen LogP contribution in [0.4, 0.5) is 0 Å². The number of fused-ring (bicyclic) bond motifs is 2. The normalized spacial score (nSPS) is 34.6. The molecule has 2 bridgehead atoms. The molecule has 2 saturated heterocycles. The molecule has 17 heavy (non-hydrogen) atoms. The largest absolute Gasteiger partial charge is 0.465 e. The van der Waals surface area contributed by atoms with Gasteiger partial charge in [0.05, 0.1) is 12.7 Å². The number of carbonyl (C=O) groups excluding carboxylic acids is 1. The Balaban J connectivity index is 1.96. The van der Waals surface area contributed by atoms with E-state index in [4.69, 9.17) is 4.74 Å². The van der Waals surface area contributed by atoms with E-state index in [9.17, 15) is 9.90 Å². The summed E-state index contributed by atoms with van der Waals surface area (Å²) in [6.07, 6.45) is 4.51. The highest BCUT2D eigenvalue weighted by molar-refractivity contribution is 5.75. The summed E-state index contributed by atoms with van der Waals surface area (Å²) in [5, 5.41) is 9.73. The number of piperidine rings is 1. The summed E-state index contributed by atoms with van der Waals surface area (Å²) in [6.45, 7) is 4.44. The molecule has 4 nitrogen and oxygen atoms in total. The first-order valence-corrected chi connectivity index (χ1v) is 6.75. The monoisotopic (exact) mass is 241 g/mol. The van der Waals surface area contributed by atoms with Gasteiger partial charge in [-0.1, -0.05) is 6.92 Å². The Morgan fingerprint density at radius 2 is 2.00 bits per heavy atom. The van der Waals surface area contributed by atoms with Crippen molar-refractivity contribution in [3.8, 4) is 0 Å². The predicted octanol–water partition coefficient (Wildman–Crippen LogP) is 1.32. The molecule has 2 aliphatic rings. The molecule has 0 aromatic carbocycles. The van der Waals surface area contributed by atoms with E-state index in [1.54, 1.807) is 0 Å². The standard InChI is InChI=1S/C13H23NO3/c1-3-6-17-13(16)9(2)14-10-4-5-11(14)8-12(15)7-10/h9-12,15H,3-8H2,1-2H3/t9-,10-,11-/m0/s1. The maximum atomic E-state index is 11.9. The van der Waals surface area contributed by atoms with Crippen molar-refractivity contribution < 1.29 is 14.6 Å². The molecule has 0 aliphatic carbocycles. The van der Waals surface area contributed by atoms with Crippen molar-refractivity contribution >= 4 is 5.97 Å². The van der Waals surface area contributed by atoms with Crippen LogP contribution in [0.3, 0.4) is 0 Å². The van der Waals surface area contributed by atoms with Gasteiger partial charge in [0.25, 0.3) is 0 Å². The summed E-state index contributed by atoms with van der Waals surface area (Å²) in [5.41, 5.74) is 0. The lowest BCUT2D eigenvalue weighted by Crippen LogP contribution is -2.52. The van der Waals surface area contributed by atoms with Crippen molar-refractivity contribution in [2.24, 2.45) is 0 Å². The third-order valence-electron chi connectivity index (χ3n) is 4.00. The van der Waals surface area contributed by atoms with Crippen molar-refractivity contribution in [1.82, 2.24) is 4.90 Å². The van der Waals surface area contributed by atoms with Crippen LogP contribution in [0, 0.1) is 0 Å². The van der Waals surface area contributed by atoms with E-state index in [2.05, 4.69) is 4.90 Å². The fourth-order valence-electron chi connectivity index (χ4n) is 3.26. The number of carbonyl (C=O) groups is 1. The lowest BCUT2D eigenvalue weighted by molar-refractivity contribution is -0.152. The zero-order valence-corrected chi connectivity index (χ0v) is 10.8. The Morgan fingerprint density at radius 3 is 2.53 bits per heavy atom. The van der Waals surface area contributed by atoms with Crippen molar-refractivity contribution in [2.75, 3.05) is 6.61 Å². The second-order valence-corrected chi connectivity index (χ2v) is 5.30. The molecule has 0 spiro atoms. The Labute approximate surface area is 103 Å². The smallest absolute Gasteiger partial charge is 0.323 e. The molecule has 0 amide bonds. The first-order valence-electron chi connectivity index (χ1n) is 6.75. The second-order valence-electron chi connectivity index (χ2n) is 5.30. The average Bonchev–Trinajstić information content (AvgIpc) is 2.57. The highest BCUT2D eigenvalue weighted by atomic mass is 16.5. The molecule has 0 saturated carbocycles. The molecule has 1 N–H and O–H groups in total. The molecule has 0 unspecified atom stereocenters. The van der Waals surface area contributed by atoms with Gasteiger partial charge in [-0.25, -0.2) is 0 Å². The average molecular weight is 241 g/mol. The summed E-state index contributed by atoms with van der Waals surface area (Å²) in [5.74, 6) is -0.111. The van der Waals surface area contributed by atoms with E-state index in [0.717, 1.165) is 32.1 Å². The van der Waals surface area contributed by atoms with Crippen LogP contribution < -0.4 is 0 Å². The van der Waals surface area contributed by atoms with E-state index >= 15 is 0 Å². The number of rotatable bonds is 4. The van der Waals surface area contributed by atoms with Gasteiger partial charge in [-0.2, -0.15) is 0 Å². The molecule has 4 heteroatoms. The van der Waals surface area contributed by atoms with Crippen molar-refractivity contribution in [3.05, 3.63) is 0 Å². The van der Waals surface area contributed by atoms with Crippen LogP contribution in [0.25, 0.3) is 0 Å². The van der Waals surface area contributed by atoms with Gasteiger partial charge >= 0.3 is 5.97 Å². The molecule has 2 rings (SSSR count). The topological polar surface area (TPSA) is 49.8 Å². The lowest BCUT2D eigenvalue weighted by Gasteiger charge is -2.39. The maximum absolute atomic E-state index is 11.9. The van der Waals surface area contributed by atoms with Gasteiger partial charge in [0.1, 0.15) is 6.04 Å². The summed E-state index contributed by atoms with van der Waals surface area (Å²) in [7, 11) is 0. The SMILES string of the molecule is CCCOC(=O)[C@H](C)N1[C@H]2CC[C@H]1CC(O)C2. The van der Waals surface area contributed by atoms with Gasteiger partial charge in [0.2, 0.25) is 0 Å². The zero-order chi connectivity index (χ0) is 12.4. The highest BCUT2D eigenvalue weighted by Crippen LogP contribution is 2.37. The van der Waals surface area contributed by atoms with Crippen LogP contribution in [0.15, 0.2) is 0 Å². The van der Waals surface area contributed by atoms with Crippen molar-refractivity contribution in [2.45, 2.75) is 70.2 Å². The second kappa shape index (κ2) is 5.36. The number of ether oxygens (including phenoxy) is 1. The maximum Gasteiger partial charge on any atom is 0.323 e. The molecule has 2 heterocycles. The predicted molar refractivity (Wildman–Crippen MR) is 64.6 cm³/mol. The Kier molecular flexibility index (Phi) is 4.05. The number of hydrogen-bond acceptors (Lipinski definition) is 4.